The van der Waals surface area contributed by atoms with Crippen molar-refractivity contribution in [3.8, 4) is 0 Å². The molecule has 2 aliphatic rings. The van der Waals surface area contributed by atoms with Crippen molar-refractivity contribution in [1.82, 2.24) is 10.2 Å². The van der Waals surface area contributed by atoms with Gasteiger partial charge in [0.05, 0.1) is 19.3 Å². The third kappa shape index (κ3) is 4.42. The van der Waals surface area contributed by atoms with Crippen molar-refractivity contribution in [2.45, 2.75) is 58.2 Å². The molecule has 0 bridgehead atoms. The molecule has 0 saturated carbocycles. The maximum atomic E-state index is 5.80. The van der Waals surface area contributed by atoms with Crippen LogP contribution in [-0.4, -0.2) is 62.5 Å². The summed E-state index contributed by atoms with van der Waals surface area (Å²) in [6, 6.07) is 1.21. The lowest BCUT2D eigenvalue weighted by molar-refractivity contribution is -0.0727. The zero-order valence-electron chi connectivity index (χ0n) is 13.4. The monoisotopic (exact) mass is 284 g/mol. The van der Waals surface area contributed by atoms with Gasteiger partial charge in [0.15, 0.2) is 0 Å². The van der Waals surface area contributed by atoms with Crippen LogP contribution in [0.15, 0.2) is 0 Å². The van der Waals surface area contributed by atoms with E-state index in [1.807, 2.05) is 0 Å². The molecule has 20 heavy (non-hydrogen) atoms. The fourth-order valence-electron chi connectivity index (χ4n) is 3.39. The molecular formula is C16H32N2O2. The molecule has 4 unspecified atom stereocenters. The van der Waals surface area contributed by atoms with Gasteiger partial charge in [-0.05, 0) is 32.7 Å². The van der Waals surface area contributed by atoms with Crippen LogP contribution < -0.4 is 5.32 Å². The topological polar surface area (TPSA) is 33.7 Å². The van der Waals surface area contributed by atoms with Crippen LogP contribution in [0.1, 0.15) is 40.0 Å². The van der Waals surface area contributed by atoms with E-state index in [-0.39, 0.29) is 0 Å². The van der Waals surface area contributed by atoms with Gasteiger partial charge in [0.25, 0.3) is 0 Å². The SMILES string of the molecule is CCCNC1CCOCC1CN1CC(C)OCC1CC. The number of nitrogens with zero attached hydrogens (tertiary/aromatic N) is 1. The average molecular weight is 284 g/mol. The van der Waals surface area contributed by atoms with Crippen LogP contribution in [0.3, 0.4) is 0 Å². The summed E-state index contributed by atoms with van der Waals surface area (Å²) in [4.78, 5) is 2.63. The lowest BCUT2D eigenvalue weighted by Gasteiger charge is -2.42. The Hall–Kier alpha value is -0.160. The van der Waals surface area contributed by atoms with Crippen molar-refractivity contribution < 1.29 is 9.47 Å². The zero-order chi connectivity index (χ0) is 14.4. The Balaban J connectivity index is 1.90. The molecule has 4 heteroatoms. The van der Waals surface area contributed by atoms with Crippen LogP contribution in [0, 0.1) is 5.92 Å². The third-order valence-corrected chi connectivity index (χ3v) is 4.65. The maximum Gasteiger partial charge on any atom is 0.0674 e. The highest BCUT2D eigenvalue weighted by molar-refractivity contribution is 4.86. The normalized spacial score (nSPS) is 36.1. The quantitative estimate of drug-likeness (QED) is 0.807. The molecule has 2 rings (SSSR count). The summed E-state index contributed by atoms with van der Waals surface area (Å²) >= 11 is 0. The molecule has 2 saturated heterocycles. The predicted octanol–water partition coefficient (Wildman–Crippen LogP) is 1.89. The van der Waals surface area contributed by atoms with Gasteiger partial charge < -0.3 is 14.8 Å². The van der Waals surface area contributed by atoms with Gasteiger partial charge >= 0.3 is 0 Å². The Bertz CT molecular complexity index is 275. The second-order valence-corrected chi connectivity index (χ2v) is 6.34. The molecule has 2 aliphatic heterocycles. The van der Waals surface area contributed by atoms with Gasteiger partial charge in [-0.2, -0.15) is 0 Å². The minimum absolute atomic E-state index is 0.365. The molecular weight excluding hydrogens is 252 g/mol. The third-order valence-electron chi connectivity index (χ3n) is 4.65. The van der Waals surface area contributed by atoms with Crippen LogP contribution in [0.5, 0.6) is 0 Å². The molecule has 0 amide bonds. The Morgan fingerprint density at radius 1 is 1.25 bits per heavy atom. The molecule has 0 spiro atoms. The van der Waals surface area contributed by atoms with Crippen molar-refractivity contribution in [3.05, 3.63) is 0 Å². The molecule has 0 aromatic rings. The summed E-state index contributed by atoms with van der Waals surface area (Å²) in [7, 11) is 0. The van der Waals surface area contributed by atoms with E-state index in [2.05, 4.69) is 31.0 Å². The Labute approximate surface area is 124 Å². The molecule has 4 atom stereocenters. The highest BCUT2D eigenvalue weighted by atomic mass is 16.5. The maximum absolute atomic E-state index is 5.80. The van der Waals surface area contributed by atoms with Crippen molar-refractivity contribution in [3.63, 3.8) is 0 Å². The van der Waals surface area contributed by atoms with E-state index in [9.17, 15) is 0 Å². The van der Waals surface area contributed by atoms with Gasteiger partial charge in [-0.15, -0.1) is 0 Å². The molecule has 118 valence electrons. The Kier molecular flexibility index (Phi) is 6.75. The molecule has 4 nitrogen and oxygen atoms in total. The van der Waals surface area contributed by atoms with E-state index in [0.717, 1.165) is 45.9 Å². The number of hydrogen-bond acceptors (Lipinski definition) is 4. The predicted molar refractivity (Wildman–Crippen MR) is 82.1 cm³/mol. The van der Waals surface area contributed by atoms with Crippen LogP contribution in [0.4, 0.5) is 0 Å². The van der Waals surface area contributed by atoms with Crippen LogP contribution in [-0.2, 0) is 9.47 Å². The van der Waals surface area contributed by atoms with Gasteiger partial charge in [0, 0.05) is 37.7 Å². The molecule has 0 radical (unpaired) electrons. The van der Waals surface area contributed by atoms with Crippen LogP contribution in [0.25, 0.3) is 0 Å². The smallest absolute Gasteiger partial charge is 0.0674 e. The van der Waals surface area contributed by atoms with Crippen molar-refractivity contribution in [2.75, 3.05) is 39.5 Å². The molecule has 0 aromatic heterocycles. The van der Waals surface area contributed by atoms with E-state index >= 15 is 0 Å². The first-order valence-corrected chi connectivity index (χ1v) is 8.41. The van der Waals surface area contributed by atoms with Crippen molar-refractivity contribution in [1.29, 1.82) is 0 Å². The lowest BCUT2D eigenvalue weighted by Crippen LogP contribution is -2.54. The van der Waals surface area contributed by atoms with E-state index < -0.39 is 0 Å². The second-order valence-electron chi connectivity index (χ2n) is 6.34. The first-order valence-electron chi connectivity index (χ1n) is 8.41. The molecule has 1 N–H and O–H groups in total. The highest BCUT2D eigenvalue weighted by Crippen LogP contribution is 2.21. The molecule has 0 aliphatic carbocycles. The molecule has 0 aromatic carbocycles. The number of hydrogen-bond donors (Lipinski definition) is 1. The van der Waals surface area contributed by atoms with E-state index in [4.69, 9.17) is 9.47 Å². The number of morpholine rings is 1. The van der Waals surface area contributed by atoms with Gasteiger partial charge in [0.2, 0.25) is 0 Å². The van der Waals surface area contributed by atoms with Crippen molar-refractivity contribution >= 4 is 0 Å². The molecule has 2 fully saturated rings. The minimum atomic E-state index is 0.365. The van der Waals surface area contributed by atoms with Crippen LogP contribution >= 0.6 is 0 Å². The number of nitrogens with one attached hydrogen (secondary N) is 1. The average Bonchev–Trinajstić information content (AvgIpc) is 2.47. The first-order chi connectivity index (χ1) is 9.74. The Morgan fingerprint density at radius 2 is 2.10 bits per heavy atom. The zero-order valence-corrected chi connectivity index (χ0v) is 13.4. The van der Waals surface area contributed by atoms with Crippen LogP contribution in [0.2, 0.25) is 0 Å². The summed E-state index contributed by atoms with van der Waals surface area (Å²) in [6.45, 7) is 12.7. The standard InChI is InChI=1S/C16H32N2O2/c1-4-7-17-16-6-8-19-11-14(16)10-18-9-13(3)20-12-15(18)5-2/h13-17H,4-12H2,1-3H3. The van der Waals surface area contributed by atoms with E-state index in [1.54, 1.807) is 0 Å². The minimum Gasteiger partial charge on any atom is -0.381 e. The van der Waals surface area contributed by atoms with E-state index in [0.29, 0.717) is 24.1 Å². The van der Waals surface area contributed by atoms with Gasteiger partial charge in [0.1, 0.15) is 0 Å². The summed E-state index contributed by atoms with van der Waals surface area (Å²) in [5.41, 5.74) is 0. The van der Waals surface area contributed by atoms with Crippen molar-refractivity contribution in [2.24, 2.45) is 5.92 Å². The highest BCUT2D eigenvalue weighted by Gasteiger charge is 2.32. The summed E-state index contributed by atoms with van der Waals surface area (Å²) < 4.78 is 11.5. The van der Waals surface area contributed by atoms with Gasteiger partial charge in [-0.3, -0.25) is 4.90 Å². The summed E-state index contributed by atoms with van der Waals surface area (Å²) in [5, 5.41) is 3.72. The largest absolute Gasteiger partial charge is 0.381 e. The molecule has 2 heterocycles. The van der Waals surface area contributed by atoms with Gasteiger partial charge in [-0.1, -0.05) is 13.8 Å². The fourth-order valence-corrected chi connectivity index (χ4v) is 3.39. The van der Waals surface area contributed by atoms with Gasteiger partial charge in [-0.25, -0.2) is 0 Å². The fraction of sp³-hybridized carbons (Fsp3) is 1.00. The summed E-state index contributed by atoms with van der Waals surface area (Å²) in [5.74, 6) is 0.620. The first kappa shape index (κ1) is 16.2. The number of ether oxygens (including phenoxy) is 2. The Morgan fingerprint density at radius 3 is 2.85 bits per heavy atom. The second kappa shape index (κ2) is 8.32. The lowest BCUT2D eigenvalue weighted by atomic mass is 9.93. The number of rotatable bonds is 6. The van der Waals surface area contributed by atoms with E-state index in [1.165, 1.54) is 12.8 Å². The summed E-state index contributed by atoms with van der Waals surface area (Å²) in [6.07, 6.45) is 3.90.